The normalized spacial score (nSPS) is 10.4. The van der Waals surface area contributed by atoms with Crippen molar-refractivity contribution in [2.24, 2.45) is 0 Å². The molecule has 172 valence electrons. The minimum Gasteiger partial charge on any atom is -0.493 e. The topological polar surface area (TPSA) is 59.6 Å². The van der Waals surface area contributed by atoms with Crippen molar-refractivity contribution in [3.05, 3.63) is 88.4 Å². The van der Waals surface area contributed by atoms with Crippen molar-refractivity contribution in [1.82, 2.24) is 5.32 Å². The first-order valence-corrected chi connectivity index (χ1v) is 12.1. The van der Waals surface area contributed by atoms with E-state index in [0.29, 0.717) is 24.5 Å². The zero-order valence-electron chi connectivity index (χ0n) is 18.5. The number of halogens is 1. The van der Waals surface area contributed by atoms with Crippen LogP contribution in [0.5, 0.6) is 11.5 Å². The van der Waals surface area contributed by atoms with Gasteiger partial charge in [-0.1, -0.05) is 49.7 Å². The summed E-state index contributed by atoms with van der Waals surface area (Å²) in [4.78, 5) is 12.6. The molecule has 0 unspecified atom stereocenters. The number of hydrogen-bond donors (Lipinski definition) is 2. The number of rotatable bonds is 10. The third-order valence-electron chi connectivity index (χ3n) is 4.77. The maximum absolute atomic E-state index is 12.6. The largest absolute Gasteiger partial charge is 0.493 e. The van der Waals surface area contributed by atoms with E-state index in [-0.39, 0.29) is 11.0 Å². The smallest absolute Gasteiger partial charge is 0.257 e. The van der Waals surface area contributed by atoms with E-state index < -0.39 is 0 Å². The lowest BCUT2D eigenvalue weighted by Gasteiger charge is -2.12. The van der Waals surface area contributed by atoms with Gasteiger partial charge < -0.3 is 14.8 Å². The van der Waals surface area contributed by atoms with Gasteiger partial charge in [0.15, 0.2) is 5.11 Å². The number of thiocarbonyl (C=S) groups is 1. The Kier molecular flexibility index (Phi) is 9.72. The Labute approximate surface area is 208 Å². The molecule has 0 atom stereocenters. The number of carbonyl (C=O) groups is 1. The molecule has 3 aromatic carbocycles. The molecule has 3 rings (SSSR count). The van der Waals surface area contributed by atoms with Crippen LogP contribution in [0.2, 0.25) is 0 Å². The average Bonchev–Trinajstić information content (AvgIpc) is 2.81. The van der Waals surface area contributed by atoms with E-state index in [4.69, 9.17) is 21.7 Å². The van der Waals surface area contributed by atoms with Crippen LogP contribution in [0.25, 0.3) is 0 Å². The Morgan fingerprint density at radius 3 is 2.55 bits per heavy atom. The quantitative estimate of drug-likeness (QED) is 0.237. The number of amides is 1. The third kappa shape index (κ3) is 8.18. The van der Waals surface area contributed by atoms with Crippen molar-refractivity contribution >= 4 is 44.9 Å². The van der Waals surface area contributed by atoms with E-state index in [1.807, 2.05) is 42.5 Å². The molecule has 0 saturated carbocycles. The molecule has 0 spiro atoms. The standard InChI is InChI=1S/C26H27BrN2O3S/c1-2-3-15-32-24-13-12-20(17-23(24)27)25(30)29-26(33)28-21-10-7-11-22(18-21)31-16-14-19-8-5-4-6-9-19/h4-13,17-18H,2-3,14-16H2,1H3,(H2,28,29,30,33). The van der Waals surface area contributed by atoms with Crippen LogP contribution in [0.15, 0.2) is 77.3 Å². The first-order chi connectivity index (χ1) is 16.0. The van der Waals surface area contributed by atoms with E-state index >= 15 is 0 Å². The van der Waals surface area contributed by atoms with Crippen molar-refractivity contribution in [3.8, 4) is 11.5 Å². The van der Waals surface area contributed by atoms with Gasteiger partial charge in [-0.3, -0.25) is 10.1 Å². The molecule has 0 bridgehead atoms. The van der Waals surface area contributed by atoms with Gasteiger partial charge >= 0.3 is 0 Å². The maximum atomic E-state index is 12.6. The number of benzene rings is 3. The SMILES string of the molecule is CCCCOc1ccc(C(=O)NC(=S)Nc2cccc(OCCc3ccccc3)c2)cc1Br. The molecule has 3 aromatic rings. The van der Waals surface area contributed by atoms with Crippen LogP contribution < -0.4 is 20.1 Å². The lowest BCUT2D eigenvalue weighted by Crippen LogP contribution is -2.34. The van der Waals surface area contributed by atoms with Crippen molar-refractivity contribution in [1.29, 1.82) is 0 Å². The number of anilines is 1. The van der Waals surface area contributed by atoms with Crippen LogP contribution in [0.4, 0.5) is 5.69 Å². The lowest BCUT2D eigenvalue weighted by atomic mass is 10.2. The van der Waals surface area contributed by atoms with Crippen LogP contribution in [0, 0.1) is 0 Å². The zero-order chi connectivity index (χ0) is 23.5. The van der Waals surface area contributed by atoms with Gasteiger partial charge in [0.1, 0.15) is 11.5 Å². The highest BCUT2D eigenvalue weighted by Gasteiger charge is 2.11. The Bertz CT molecular complexity index is 1080. The summed E-state index contributed by atoms with van der Waals surface area (Å²) in [6.45, 7) is 3.32. The monoisotopic (exact) mass is 526 g/mol. The Morgan fingerprint density at radius 1 is 0.970 bits per heavy atom. The Hall–Kier alpha value is -2.90. The van der Waals surface area contributed by atoms with E-state index in [9.17, 15) is 4.79 Å². The molecule has 0 heterocycles. The summed E-state index contributed by atoms with van der Waals surface area (Å²) in [7, 11) is 0. The first-order valence-electron chi connectivity index (χ1n) is 10.9. The molecular formula is C26H27BrN2O3S. The molecule has 5 nitrogen and oxygen atoms in total. The second-order valence-corrected chi connectivity index (χ2v) is 8.63. The van der Waals surface area contributed by atoms with E-state index in [1.165, 1.54) is 5.56 Å². The summed E-state index contributed by atoms with van der Waals surface area (Å²) < 4.78 is 12.3. The molecule has 1 amide bonds. The number of unbranched alkanes of at least 4 members (excludes halogenated alkanes) is 1. The van der Waals surface area contributed by atoms with Gasteiger partial charge in [-0.15, -0.1) is 0 Å². The van der Waals surface area contributed by atoms with E-state index in [0.717, 1.165) is 35.2 Å². The van der Waals surface area contributed by atoms with Gasteiger partial charge in [0, 0.05) is 23.7 Å². The summed E-state index contributed by atoms with van der Waals surface area (Å²) in [6, 6.07) is 22.9. The average molecular weight is 527 g/mol. The van der Waals surface area contributed by atoms with Gasteiger partial charge in [0.25, 0.3) is 5.91 Å². The summed E-state index contributed by atoms with van der Waals surface area (Å²) in [5.74, 6) is 1.14. The van der Waals surface area contributed by atoms with Gasteiger partial charge in [-0.05, 0) is 70.5 Å². The Morgan fingerprint density at radius 2 is 1.79 bits per heavy atom. The van der Waals surface area contributed by atoms with Gasteiger partial charge in [-0.2, -0.15) is 0 Å². The number of carbonyl (C=O) groups excluding carboxylic acids is 1. The molecule has 7 heteroatoms. The van der Waals surface area contributed by atoms with Gasteiger partial charge in [0.05, 0.1) is 17.7 Å². The molecule has 0 saturated heterocycles. The number of hydrogen-bond acceptors (Lipinski definition) is 4. The van der Waals surface area contributed by atoms with Crippen LogP contribution >= 0.6 is 28.1 Å². The molecule has 0 aliphatic carbocycles. The molecule has 2 N–H and O–H groups in total. The predicted octanol–water partition coefficient (Wildman–Crippen LogP) is 6.38. The molecule has 33 heavy (non-hydrogen) atoms. The molecule has 0 aliphatic rings. The summed E-state index contributed by atoms with van der Waals surface area (Å²) >= 11 is 8.78. The third-order valence-corrected chi connectivity index (χ3v) is 5.59. The van der Waals surface area contributed by atoms with Crippen molar-refractivity contribution in [3.63, 3.8) is 0 Å². The van der Waals surface area contributed by atoms with Crippen molar-refractivity contribution < 1.29 is 14.3 Å². The maximum Gasteiger partial charge on any atom is 0.257 e. The molecular weight excluding hydrogens is 500 g/mol. The highest BCUT2D eigenvalue weighted by atomic mass is 79.9. The fraction of sp³-hybridized carbons (Fsp3) is 0.231. The number of ether oxygens (including phenoxy) is 2. The Balaban J connectivity index is 1.50. The van der Waals surface area contributed by atoms with Crippen LogP contribution in [-0.4, -0.2) is 24.2 Å². The van der Waals surface area contributed by atoms with Crippen LogP contribution in [-0.2, 0) is 6.42 Å². The summed E-state index contributed by atoms with van der Waals surface area (Å²) in [5, 5.41) is 5.95. The zero-order valence-corrected chi connectivity index (χ0v) is 20.9. The highest BCUT2D eigenvalue weighted by molar-refractivity contribution is 9.10. The molecule has 0 aliphatic heterocycles. The van der Waals surface area contributed by atoms with Gasteiger partial charge in [-0.25, -0.2) is 0 Å². The minimum atomic E-state index is -0.302. The van der Waals surface area contributed by atoms with Crippen molar-refractivity contribution in [2.45, 2.75) is 26.2 Å². The second kappa shape index (κ2) is 13.0. The second-order valence-electron chi connectivity index (χ2n) is 7.37. The molecule has 0 fully saturated rings. The van der Waals surface area contributed by atoms with Crippen molar-refractivity contribution in [2.75, 3.05) is 18.5 Å². The van der Waals surface area contributed by atoms with Crippen LogP contribution in [0.3, 0.4) is 0 Å². The predicted molar refractivity (Wildman–Crippen MR) is 140 cm³/mol. The molecule has 0 radical (unpaired) electrons. The number of nitrogens with one attached hydrogen (secondary N) is 2. The fourth-order valence-corrected chi connectivity index (χ4v) is 3.72. The lowest BCUT2D eigenvalue weighted by molar-refractivity contribution is 0.0977. The van der Waals surface area contributed by atoms with E-state index in [1.54, 1.807) is 18.2 Å². The minimum absolute atomic E-state index is 0.209. The summed E-state index contributed by atoms with van der Waals surface area (Å²) in [6.07, 6.45) is 2.87. The first kappa shape index (κ1) is 24.7. The summed E-state index contributed by atoms with van der Waals surface area (Å²) in [5.41, 5.74) is 2.44. The van der Waals surface area contributed by atoms with Crippen LogP contribution in [0.1, 0.15) is 35.7 Å². The highest BCUT2D eigenvalue weighted by Crippen LogP contribution is 2.26. The molecule has 0 aromatic heterocycles. The fourth-order valence-electron chi connectivity index (χ4n) is 3.02. The van der Waals surface area contributed by atoms with E-state index in [2.05, 4.69) is 45.6 Å². The van der Waals surface area contributed by atoms with Gasteiger partial charge in [0.2, 0.25) is 0 Å².